The Kier molecular flexibility index (Phi) is 5.56. The molecule has 1 saturated heterocycles. The fourth-order valence-electron chi connectivity index (χ4n) is 1.59. The molecule has 0 unspecified atom stereocenters. The van der Waals surface area contributed by atoms with Crippen LogP contribution in [0, 0.1) is 0 Å². The van der Waals surface area contributed by atoms with Gasteiger partial charge in [-0.1, -0.05) is 0 Å². The predicted octanol–water partition coefficient (Wildman–Crippen LogP) is 0.235. The average Bonchev–Trinajstić information content (AvgIpc) is 2.40. The topological polar surface area (TPSA) is 41.6 Å². The van der Waals surface area contributed by atoms with Gasteiger partial charge in [-0.15, -0.1) is 0 Å². The van der Waals surface area contributed by atoms with Gasteiger partial charge in [0.15, 0.2) is 0 Å². The zero-order chi connectivity index (χ0) is 10.2. The van der Waals surface area contributed by atoms with Crippen molar-refractivity contribution in [3.05, 3.63) is 0 Å². The molecule has 1 amide bonds. The number of amides is 1. The van der Waals surface area contributed by atoms with E-state index in [9.17, 15) is 4.79 Å². The van der Waals surface area contributed by atoms with E-state index in [0.29, 0.717) is 0 Å². The third kappa shape index (κ3) is 5.19. The fraction of sp³-hybridized carbons (Fsp3) is 0.900. The lowest BCUT2D eigenvalue weighted by Crippen LogP contribution is -2.30. The first-order valence-corrected chi connectivity index (χ1v) is 5.33. The van der Waals surface area contributed by atoms with E-state index in [1.807, 2.05) is 0 Å². The number of hydrogen-bond donors (Lipinski definition) is 1. The van der Waals surface area contributed by atoms with Crippen LogP contribution in [0.15, 0.2) is 0 Å². The maximum Gasteiger partial charge on any atom is 0.216 e. The quantitative estimate of drug-likeness (QED) is 0.661. The Bertz CT molecular complexity index is 166. The standard InChI is InChI=1S/C10H20N2O2/c1-10(13)11-4-2-5-12-6-3-8-14-9-7-12/h2-9H2,1H3,(H,11,13). The maximum atomic E-state index is 10.6. The van der Waals surface area contributed by atoms with Crippen LogP contribution in [0.2, 0.25) is 0 Å². The molecule has 1 aliphatic rings. The summed E-state index contributed by atoms with van der Waals surface area (Å²) in [7, 11) is 0. The highest BCUT2D eigenvalue weighted by Crippen LogP contribution is 1.99. The molecule has 0 spiro atoms. The van der Waals surface area contributed by atoms with Crippen LogP contribution in [0.5, 0.6) is 0 Å². The number of carbonyl (C=O) groups excluding carboxylic acids is 1. The summed E-state index contributed by atoms with van der Waals surface area (Å²) in [5, 5.41) is 2.80. The summed E-state index contributed by atoms with van der Waals surface area (Å²) in [6.07, 6.45) is 2.15. The van der Waals surface area contributed by atoms with Gasteiger partial charge in [0.2, 0.25) is 5.91 Å². The normalized spacial score (nSPS) is 18.9. The number of nitrogens with zero attached hydrogens (tertiary/aromatic N) is 1. The van der Waals surface area contributed by atoms with E-state index in [1.165, 1.54) is 0 Å². The summed E-state index contributed by atoms with van der Waals surface area (Å²) in [5.74, 6) is 0.0594. The number of hydrogen-bond acceptors (Lipinski definition) is 3. The number of rotatable bonds is 4. The molecule has 1 aliphatic heterocycles. The van der Waals surface area contributed by atoms with Gasteiger partial charge in [0, 0.05) is 33.2 Å². The summed E-state index contributed by atoms with van der Waals surface area (Å²) in [6.45, 7) is 7.29. The molecule has 82 valence electrons. The van der Waals surface area contributed by atoms with Gasteiger partial charge in [-0.2, -0.15) is 0 Å². The van der Waals surface area contributed by atoms with E-state index in [-0.39, 0.29) is 5.91 Å². The molecule has 1 fully saturated rings. The minimum Gasteiger partial charge on any atom is -0.380 e. The lowest BCUT2D eigenvalue weighted by atomic mass is 10.3. The molecule has 0 atom stereocenters. The van der Waals surface area contributed by atoms with Gasteiger partial charge in [0.25, 0.3) is 0 Å². The zero-order valence-electron chi connectivity index (χ0n) is 8.92. The highest BCUT2D eigenvalue weighted by molar-refractivity contribution is 5.72. The van der Waals surface area contributed by atoms with Crippen LogP contribution in [-0.4, -0.2) is 50.2 Å². The molecule has 1 rings (SSSR count). The minimum absolute atomic E-state index is 0.0594. The molecule has 0 aromatic carbocycles. The van der Waals surface area contributed by atoms with Gasteiger partial charge in [0.05, 0.1) is 6.61 Å². The van der Waals surface area contributed by atoms with E-state index < -0.39 is 0 Å². The second-order valence-corrected chi connectivity index (χ2v) is 3.64. The van der Waals surface area contributed by atoms with Gasteiger partial charge < -0.3 is 15.0 Å². The van der Waals surface area contributed by atoms with E-state index >= 15 is 0 Å². The van der Waals surface area contributed by atoms with Crippen molar-refractivity contribution in [2.75, 3.05) is 39.4 Å². The predicted molar refractivity (Wildman–Crippen MR) is 55.2 cm³/mol. The summed E-state index contributed by atoms with van der Waals surface area (Å²) >= 11 is 0. The van der Waals surface area contributed by atoms with Crippen LogP contribution in [0.25, 0.3) is 0 Å². The molecule has 0 bridgehead atoms. The molecule has 0 aromatic rings. The lowest BCUT2D eigenvalue weighted by Gasteiger charge is -2.18. The zero-order valence-corrected chi connectivity index (χ0v) is 8.92. The van der Waals surface area contributed by atoms with Crippen LogP contribution in [0.4, 0.5) is 0 Å². The molecule has 0 aliphatic carbocycles. The number of carbonyl (C=O) groups is 1. The Morgan fingerprint density at radius 2 is 2.29 bits per heavy atom. The fourth-order valence-corrected chi connectivity index (χ4v) is 1.59. The minimum atomic E-state index is 0.0594. The Hall–Kier alpha value is -0.610. The molecular weight excluding hydrogens is 180 g/mol. The second kappa shape index (κ2) is 6.79. The largest absolute Gasteiger partial charge is 0.380 e. The Labute approximate surface area is 85.6 Å². The van der Waals surface area contributed by atoms with Crippen LogP contribution in [-0.2, 0) is 9.53 Å². The van der Waals surface area contributed by atoms with Crippen molar-refractivity contribution in [1.29, 1.82) is 0 Å². The average molecular weight is 200 g/mol. The van der Waals surface area contributed by atoms with Gasteiger partial charge in [-0.25, -0.2) is 0 Å². The molecule has 1 heterocycles. The van der Waals surface area contributed by atoms with E-state index in [2.05, 4.69) is 10.2 Å². The lowest BCUT2D eigenvalue weighted by molar-refractivity contribution is -0.118. The van der Waals surface area contributed by atoms with Crippen molar-refractivity contribution < 1.29 is 9.53 Å². The third-order valence-corrected chi connectivity index (χ3v) is 2.34. The van der Waals surface area contributed by atoms with Crippen molar-refractivity contribution in [2.24, 2.45) is 0 Å². The van der Waals surface area contributed by atoms with E-state index in [1.54, 1.807) is 6.92 Å². The Balaban J connectivity index is 2.01. The first-order valence-electron chi connectivity index (χ1n) is 5.33. The molecule has 0 radical (unpaired) electrons. The monoisotopic (exact) mass is 200 g/mol. The van der Waals surface area contributed by atoms with Crippen molar-refractivity contribution in [3.8, 4) is 0 Å². The molecule has 1 N–H and O–H groups in total. The Morgan fingerprint density at radius 1 is 1.43 bits per heavy atom. The van der Waals surface area contributed by atoms with Crippen molar-refractivity contribution in [1.82, 2.24) is 10.2 Å². The molecule has 4 nitrogen and oxygen atoms in total. The maximum absolute atomic E-state index is 10.6. The smallest absolute Gasteiger partial charge is 0.216 e. The summed E-state index contributed by atoms with van der Waals surface area (Å²) in [4.78, 5) is 13.0. The van der Waals surface area contributed by atoms with E-state index in [4.69, 9.17) is 4.74 Å². The number of ether oxygens (including phenoxy) is 1. The molecule has 0 aromatic heterocycles. The molecular formula is C10H20N2O2. The third-order valence-electron chi connectivity index (χ3n) is 2.34. The van der Waals surface area contributed by atoms with Crippen molar-refractivity contribution >= 4 is 5.91 Å². The first kappa shape index (κ1) is 11.5. The van der Waals surface area contributed by atoms with Crippen molar-refractivity contribution in [2.45, 2.75) is 19.8 Å². The van der Waals surface area contributed by atoms with Gasteiger partial charge in [-0.05, 0) is 19.4 Å². The van der Waals surface area contributed by atoms with Crippen LogP contribution in [0.1, 0.15) is 19.8 Å². The highest BCUT2D eigenvalue weighted by Gasteiger charge is 2.07. The molecule has 4 heteroatoms. The van der Waals surface area contributed by atoms with E-state index in [0.717, 1.165) is 52.2 Å². The van der Waals surface area contributed by atoms with Crippen LogP contribution < -0.4 is 5.32 Å². The molecule has 14 heavy (non-hydrogen) atoms. The van der Waals surface area contributed by atoms with Gasteiger partial charge >= 0.3 is 0 Å². The second-order valence-electron chi connectivity index (χ2n) is 3.64. The SMILES string of the molecule is CC(=O)NCCCN1CCCOCC1. The summed E-state index contributed by atoms with van der Waals surface area (Å²) in [6, 6.07) is 0. The Morgan fingerprint density at radius 3 is 3.07 bits per heavy atom. The summed E-state index contributed by atoms with van der Waals surface area (Å²) < 4.78 is 5.36. The molecule has 0 saturated carbocycles. The van der Waals surface area contributed by atoms with Crippen LogP contribution in [0.3, 0.4) is 0 Å². The summed E-state index contributed by atoms with van der Waals surface area (Å²) in [5.41, 5.74) is 0. The highest BCUT2D eigenvalue weighted by atomic mass is 16.5. The van der Waals surface area contributed by atoms with Crippen molar-refractivity contribution in [3.63, 3.8) is 0 Å². The van der Waals surface area contributed by atoms with Gasteiger partial charge in [0.1, 0.15) is 0 Å². The number of nitrogens with one attached hydrogen (secondary N) is 1. The van der Waals surface area contributed by atoms with Crippen LogP contribution >= 0.6 is 0 Å². The first-order chi connectivity index (χ1) is 6.79. The van der Waals surface area contributed by atoms with Gasteiger partial charge in [-0.3, -0.25) is 4.79 Å².